The van der Waals surface area contributed by atoms with Gasteiger partial charge in [0.15, 0.2) is 11.5 Å². The van der Waals surface area contributed by atoms with Gasteiger partial charge in [-0.3, -0.25) is 9.36 Å². The van der Waals surface area contributed by atoms with E-state index in [9.17, 15) is 4.79 Å². The van der Waals surface area contributed by atoms with Crippen molar-refractivity contribution in [3.8, 4) is 22.9 Å². The number of benzene rings is 2. The van der Waals surface area contributed by atoms with Crippen LogP contribution in [0.4, 0.5) is 0 Å². The van der Waals surface area contributed by atoms with Crippen LogP contribution in [-0.2, 0) is 5.88 Å². The number of nitrogens with zero attached hydrogens (tertiary/aromatic N) is 2. The van der Waals surface area contributed by atoms with E-state index >= 15 is 0 Å². The maximum absolute atomic E-state index is 13.0. The van der Waals surface area contributed by atoms with E-state index in [-0.39, 0.29) is 11.4 Å². The maximum atomic E-state index is 13.0. The Bertz CT molecular complexity index is 959. The number of alkyl halides is 1. The zero-order chi connectivity index (χ0) is 18.0. The van der Waals surface area contributed by atoms with Crippen molar-refractivity contribution >= 4 is 22.5 Å². The molecule has 0 aliphatic heterocycles. The predicted molar refractivity (Wildman–Crippen MR) is 96.6 cm³/mol. The van der Waals surface area contributed by atoms with E-state index < -0.39 is 0 Å². The minimum Gasteiger partial charge on any atom is -0.493 e. The van der Waals surface area contributed by atoms with Crippen LogP contribution < -0.4 is 19.8 Å². The van der Waals surface area contributed by atoms with Gasteiger partial charge in [-0.2, -0.15) is 0 Å². The van der Waals surface area contributed by atoms with Crippen molar-refractivity contribution < 1.29 is 14.2 Å². The number of hydrogen-bond acceptors (Lipinski definition) is 5. The molecule has 0 bridgehead atoms. The smallest absolute Gasteiger partial charge is 0.266 e. The van der Waals surface area contributed by atoms with Gasteiger partial charge in [-0.05, 0) is 12.1 Å². The predicted octanol–water partition coefficient (Wildman–Crippen LogP) is 3.15. The highest BCUT2D eigenvalue weighted by Gasteiger charge is 2.18. The topological polar surface area (TPSA) is 62.6 Å². The van der Waals surface area contributed by atoms with Gasteiger partial charge in [-0.1, -0.05) is 12.1 Å². The minimum atomic E-state index is -0.212. The molecule has 25 heavy (non-hydrogen) atoms. The molecule has 0 unspecified atom stereocenters. The normalized spacial score (nSPS) is 10.7. The van der Waals surface area contributed by atoms with Gasteiger partial charge in [-0.15, -0.1) is 11.6 Å². The number of ether oxygens (including phenoxy) is 3. The molecule has 1 heterocycles. The summed E-state index contributed by atoms with van der Waals surface area (Å²) in [7, 11) is 4.56. The molecule has 130 valence electrons. The van der Waals surface area contributed by atoms with Gasteiger partial charge in [0.05, 0.1) is 43.8 Å². The molecule has 3 rings (SSSR count). The molecule has 0 atom stereocenters. The van der Waals surface area contributed by atoms with E-state index in [1.165, 1.54) is 25.9 Å². The molecular weight excluding hydrogens is 344 g/mol. The number of methoxy groups -OCH3 is 3. The third-order valence-corrected chi connectivity index (χ3v) is 4.11. The molecule has 0 saturated heterocycles. The fourth-order valence-corrected chi connectivity index (χ4v) is 2.91. The van der Waals surface area contributed by atoms with Gasteiger partial charge in [0.2, 0.25) is 5.75 Å². The lowest BCUT2D eigenvalue weighted by molar-refractivity contribution is 0.324. The Morgan fingerprint density at radius 1 is 1.04 bits per heavy atom. The first kappa shape index (κ1) is 17.1. The number of hydrogen-bond donors (Lipinski definition) is 0. The Morgan fingerprint density at radius 2 is 1.68 bits per heavy atom. The first-order chi connectivity index (χ1) is 12.1. The van der Waals surface area contributed by atoms with Crippen molar-refractivity contribution in [2.75, 3.05) is 21.3 Å². The summed E-state index contributed by atoms with van der Waals surface area (Å²) in [4.78, 5) is 17.5. The highest BCUT2D eigenvalue weighted by atomic mass is 35.5. The maximum Gasteiger partial charge on any atom is 0.266 e. The quantitative estimate of drug-likeness (QED) is 0.654. The van der Waals surface area contributed by atoms with Crippen LogP contribution in [-0.4, -0.2) is 30.9 Å². The molecule has 0 N–H and O–H groups in total. The molecule has 7 heteroatoms. The van der Waals surface area contributed by atoms with Crippen LogP contribution >= 0.6 is 11.6 Å². The number of fused-ring (bicyclic) bond motifs is 1. The minimum absolute atomic E-state index is 0.0801. The molecular formula is C18H17ClN2O4. The number of rotatable bonds is 5. The van der Waals surface area contributed by atoms with Crippen molar-refractivity contribution in [2.24, 2.45) is 0 Å². The Labute approximate surface area is 149 Å². The van der Waals surface area contributed by atoms with E-state index in [1.807, 2.05) is 6.07 Å². The van der Waals surface area contributed by atoms with E-state index in [0.29, 0.717) is 39.7 Å². The summed E-state index contributed by atoms with van der Waals surface area (Å²) in [5.74, 6) is 1.84. The molecule has 0 radical (unpaired) electrons. The average Bonchev–Trinajstić information content (AvgIpc) is 2.66. The van der Waals surface area contributed by atoms with Crippen LogP contribution in [0.1, 0.15) is 5.82 Å². The van der Waals surface area contributed by atoms with Crippen molar-refractivity contribution in [3.63, 3.8) is 0 Å². The van der Waals surface area contributed by atoms with Gasteiger partial charge in [0.25, 0.3) is 5.56 Å². The van der Waals surface area contributed by atoms with Gasteiger partial charge in [0.1, 0.15) is 5.82 Å². The van der Waals surface area contributed by atoms with Crippen molar-refractivity contribution in [2.45, 2.75) is 5.88 Å². The standard InChI is InChI=1S/C18H17ClN2O4/c1-23-14-8-11(9-15(24-2)17(14)25-3)21-16(10-19)20-13-7-5-4-6-12(13)18(21)22/h4-9H,10H2,1-3H3. The highest BCUT2D eigenvalue weighted by Crippen LogP contribution is 2.39. The molecule has 6 nitrogen and oxygen atoms in total. The SMILES string of the molecule is COc1cc(-n2c(CCl)nc3ccccc3c2=O)cc(OC)c1OC. The molecule has 3 aromatic rings. The summed E-state index contributed by atoms with van der Waals surface area (Å²) in [6, 6.07) is 10.5. The first-order valence-electron chi connectivity index (χ1n) is 7.51. The fourth-order valence-electron chi connectivity index (χ4n) is 2.73. The van der Waals surface area contributed by atoms with Crippen LogP contribution in [0.5, 0.6) is 17.2 Å². The second kappa shape index (κ2) is 7.03. The zero-order valence-corrected chi connectivity index (χ0v) is 14.8. The molecule has 0 aliphatic carbocycles. The average molecular weight is 361 g/mol. The second-order valence-corrected chi connectivity index (χ2v) is 5.47. The van der Waals surface area contributed by atoms with E-state index in [1.54, 1.807) is 30.3 Å². The first-order valence-corrected chi connectivity index (χ1v) is 8.05. The van der Waals surface area contributed by atoms with Gasteiger partial charge in [0, 0.05) is 12.1 Å². The number of aromatic nitrogens is 2. The Kier molecular flexibility index (Phi) is 4.81. The number of halogens is 1. The second-order valence-electron chi connectivity index (χ2n) is 5.20. The third kappa shape index (κ3) is 2.89. The molecule has 0 saturated carbocycles. The van der Waals surface area contributed by atoms with Crippen molar-refractivity contribution in [1.29, 1.82) is 0 Å². The van der Waals surface area contributed by atoms with Crippen LogP contribution in [0.15, 0.2) is 41.2 Å². The highest BCUT2D eigenvalue weighted by molar-refractivity contribution is 6.16. The summed E-state index contributed by atoms with van der Waals surface area (Å²) in [6.07, 6.45) is 0. The molecule has 0 amide bonds. The van der Waals surface area contributed by atoms with Crippen molar-refractivity contribution in [3.05, 3.63) is 52.6 Å². The molecule has 0 fully saturated rings. The lowest BCUT2D eigenvalue weighted by Gasteiger charge is -2.17. The van der Waals surface area contributed by atoms with E-state index in [0.717, 1.165) is 0 Å². The summed E-state index contributed by atoms with van der Waals surface area (Å²) in [6.45, 7) is 0. The van der Waals surface area contributed by atoms with Crippen LogP contribution in [0.3, 0.4) is 0 Å². The summed E-state index contributed by atoms with van der Waals surface area (Å²) < 4.78 is 17.5. The van der Waals surface area contributed by atoms with Crippen LogP contribution in [0, 0.1) is 0 Å². The lowest BCUT2D eigenvalue weighted by Crippen LogP contribution is -2.23. The van der Waals surface area contributed by atoms with Crippen LogP contribution in [0.25, 0.3) is 16.6 Å². The van der Waals surface area contributed by atoms with E-state index in [4.69, 9.17) is 25.8 Å². The summed E-state index contributed by atoms with van der Waals surface area (Å²) in [5, 5.41) is 0.505. The largest absolute Gasteiger partial charge is 0.493 e. The van der Waals surface area contributed by atoms with Gasteiger partial charge >= 0.3 is 0 Å². The lowest BCUT2D eigenvalue weighted by atomic mass is 10.2. The molecule has 2 aromatic carbocycles. The van der Waals surface area contributed by atoms with Gasteiger partial charge in [-0.25, -0.2) is 4.98 Å². The zero-order valence-electron chi connectivity index (χ0n) is 14.1. The van der Waals surface area contributed by atoms with Crippen LogP contribution in [0.2, 0.25) is 0 Å². The van der Waals surface area contributed by atoms with Crippen molar-refractivity contribution in [1.82, 2.24) is 9.55 Å². The Balaban J connectivity index is 2.36. The summed E-state index contributed by atoms with van der Waals surface area (Å²) >= 11 is 6.05. The number of para-hydroxylation sites is 1. The van der Waals surface area contributed by atoms with E-state index in [2.05, 4.69) is 4.98 Å². The molecule has 0 spiro atoms. The van der Waals surface area contributed by atoms with Gasteiger partial charge < -0.3 is 14.2 Å². The fraction of sp³-hybridized carbons (Fsp3) is 0.222. The summed E-state index contributed by atoms with van der Waals surface area (Å²) in [5.41, 5.74) is 0.927. The Hall–Kier alpha value is -2.73. The monoisotopic (exact) mass is 360 g/mol. The Morgan fingerprint density at radius 3 is 2.24 bits per heavy atom. The molecule has 0 aliphatic rings. The third-order valence-electron chi connectivity index (χ3n) is 3.87. The molecule has 1 aromatic heterocycles.